The number of hydrogen-bond acceptors (Lipinski definition) is 5. The molecule has 1 aromatic carbocycles. The first-order valence-electron chi connectivity index (χ1n) is 10.1. The van der Waals surface area contributed by atoms with E-state index in [4.69, 9.17) is 4.74 Å². The summed E-state index contributed by atoms with van der Waals surface area (Å²) in [6, 6.07) is 10.6. The van der Waals surface area contributed by atoms with Crippen LogP contribution in [0.25, 0.3) is 0 Å². The van der Waals surface area contributed by atoms with Gasteiger partial charge >= 0.3 is 5.97 Å². The lowest BCUT2D eigenvalue weighted by Crippen LogP contribution is -2.42. The first-order chi connectivity index (χ1) is 14.5. The maximum atomic E-state index is 12.9. The predicted octanol–water partition coefficient (Wildman–Crippen LogP) is 3.55. The Bertz CT molecular complexity index is 932. The van der Waals surface area contributed by atoms with E-state index >= 15 is 0 Å². The topological polar surface area (TPSA) is 85.4 Å². The molecule has 1 amide bonds. The summed E-state index contributed by atoms with van der Waals surface area (Å²) in [5.41, 5.74) is 1.40. The van der Waals surface area contributed by atoms with Gasteiger partial charge in [-0.05, 0) is 54.9 Å². The van der Waals surface area contributed by atoms with E-state index in [2.05, 4.69) is 26.2 Å². The van der Waals surface area contributed by atoms with Crippen molar-refractivity contribution in [2.75, 3.05) is 6.61 Å². The zero-order chi connectivity index (χ0) is 21.1. The van der Waals surface area contributed by atoms with Crippen LogP contribution in [0.3, 0.4) is 0 Å². The number of nitrogens with zero attached hydrogens (tertiary/aromatic N) is 1. The molecule has 0 radical (unpaired) electrons. The number of esters is 1. The second-order valence-corrected chi connectivity index (χ2v) is 8.92. The minimum absolute atomic E-state index is 0.118. The number of halogens is 1. The molecule has 4 atom stereocenters. The highest BCUT2D eigenvalue weighted by atomic mass is 79.9. The number of nitrogens with one attached hydrogen (secondary N) is 1. The number of carbonyl (C=O) groups is 3. The molecule has 6 nitrogen and oxygen atoms in total. The van der Waals surface area contributed by atoms with Crippen LogP contribution in [-0.4, -0.2) is 29.3 Å². The molecule has 2 unspecified atom stereocenters. The van der Waals surface area contributed by atoms with Gasteiger partial charge in [-0.25, -0.2) is 0 Å². The second kappa shape index (κ2) is 9.08. The Balaban J connectivity index is 1.37. The number of rotatable bonds is 7. The molecular weight excluding hydrogens is 448 g/mol. The lowest BCUT2D eigenvalue weighted by Gasteiger charge is -2.28. The molecule has 7 heteroatoms. The summed E-state index contributed by atoms with van der Waals surface area (Å²) in [7, 11) is 0. The van der Waals surface area contributed by atoms with Crippen LogP contribution in [0, 0.1) is 23.7 Å². The maximum absolute atomic E-state index is 12.9. The minimum atomic E-state index is -0.477. The smallest absolute Gasteiger partial charge is 0.310 e. The molecule has 2 saturated carbocycles. The quantitative estimate of drug-likeness (QED) is 0.493. The Morgan fingerprint density at radius 2 is 1.80 bits per heavy atom. The van der Waals surface area contributed by atoms with Gasteiger partial charge in [0.1, 0.15) is 0 Å². The highest BCUT2D eigenvalue weighted by molar-refractivity contribution is 9.10. The molecule has 2 aromatic rings. The van der Waals surface area contributed by atoms with Crippen LogP contribution >= 0.6 is 15.9 Å². The first-order valence-corrected chi connectivity index (χ1v) is 10.9. The molecule has 2 fully saturated rings. The lowest BCUT2D eigenvalue weighted by atomic mass is 9.78. The Kier molecular flexibility index (Phi) is 6.27. The molecule has 156 valence electrons. The Labute approximate surface area is 183 Å². The van der Waals surface area contributed by atoms with Crippen LogP contribution in [-0.2, 0) is 20.9 Å². The van der Waals surface area contributed by atoms with Crippen molar-refractivity contribution in [2.24, 2.45) is 23.7 Å². The van der Waals surface area contributed by atoms with Crippen LogP contribution in [0.4, 0.5) is 0 Å². The zero-order valence-corrected chi connectivity index (χ0v) is 18.0. The number of Topliss-reactive ketones (excluding diaryl/α,β-unsaturated/α-hetero) is 1. The fraction of sp³-hybridized carbons (Fsp3) is 0.391. The van der Waals surface area contributed by atoms with Gasteiger partial charge in [-0.1, -0.05) is 34.1 Å². The van der Waals surface area contributed by atoms with Crippen LogP contribution < -0.4 is 5.32 Å². The van der Waals surface area contributed by atoms with Gasteiger partial charge in [0.2, 0.25) is 5.91 Å². The molecule has 0 spiro atoms. The van der Waals surface area contributed by atoms with Crippen molar-refractivity contribution in [1.82, 2.24) is 10.3 Å². The SMILES string of the molecule is O=C(COC(=O)[C@H]1C2CCC(C2)[C@@H]1C(=O)NCc1cccnc1)c1ccc(Br)cc1. The molecule has 0 saturated heterocycles. The molecule has 4 rings (SSSR count). The number of carbonyl (C=O) groups excluding carboxylic acids is 3. The van der Waals surface area contributed by atoms with Crippen molar-refractivity contribution in [1.29, 1.82) is 0 Å². The summed E-state index contributed by atoms with van der Waals surface area (Å²) >= 11 is 3.33. The Morgan fingerprint density at radius 1 is 1.07 bits per heavy atom. The van der Waals surface area contributed by atoms with Gasteiger partial charge in [0.15, 0.2) is 12.4 Å². The van der Waals surface area contributed by atoms with E-state index in [9.17, 15) is 14.4 Å². The van der Waals surface area contributed by atoms with E-state index in [0.29, 0.717) is 12.1 Å². The number of ether oxygens (including phenoxy) is 1. The molecular formula is C23H23BrN2O4. The number of fused-ring (bicyclic) bond motifs is 2. The third-order valence-electron chi connectivity index (χ3n) is 6.19. The summed E-state index contributed by atoms with van der Waals surface area (Å²) in [5.74, 6) is -1.33. The number of ketones is 1. The monoisotopic (exact) mass is 470 g/mol. The van der Waals surface area contributed by atoms with E-state index in [-0.39, 0.29) is 30.1 Å². The third kappa shape index (κ3) is 4.46. The van der Waals surface area contributed by atoms with Crippen molar-refractivity contribution in [3.8, 4) is 0 Å². The predicted molar refractivity (Wildman–Crippen MR) is 113 cm³/mol. The van der Waals surface area contributed by atoms with Gasteiger partial charge in [-0.15, -0.1) is 0 Å². The van der Waals surface area contributed by atoms with Gasteiger partial charge in [0, 0.05) is 29.0 Å². The van der Waals surface area contributed by atoms with Crippen LogP contribution in [0.1, 0.15) is 35.2 Å². The van der Waals surface area contributed by atoms with Crippen molar-refractivity contribution in [2.45, 2.75) is 25.8 Å². The van der Waals surface area contributed by atoms with Gasteiger partial charge in [0.05, 0.1) is 11.8 Å². The Hall–Kier alpha value is -2.54. The molecule has 2 aliphatic carbocycles. The van der Waals surface area contributed by atoms with Crippen molar-refractivity contribution in [3.05, 3.63) is 64.4 Å². The van der Waals surface area contributed by atoms with Gasteiger partial charge in [-0.2, -0.15) is 0 Å². The molecule has 2 bridgehead atoms. The second-order valence-electron chi connectivity index (χ2n) is 8.00. The first kappa shape index (κ1) is 20.7. The number of benzene rings is 1. The van der Waals surface area contributed by atoms with Gasteiger partial charge in [0.25, 0.3) is 0 Å². The van der Waals surface area contributed by atoms with E-state index in [0.717, 1.165) is 29.3 Å². The molecule has 30 heavy (non-hydrogen) atoms. The van der Waals surface area contributed by atoms with Crippen molar-refractivity contribution < 1.29 is 19.1 Å². The summed E-state index contributed by atoms with van der Waals surface area (Å²) in [6.45, 7) is 0.0722. The van der Waals surface area contributed by atoms with E-state index < -0.39 is 17.8 Å². The summed E-state index contributed by atoms with van der Waals surface area (Å²) in [5, 5.41) is 2.95. The fourth-order valence-corrected chi connectivity index (χ4v) is 5.03. The molecule has 1 N–H and O–H groups in total. The molecule has 0 aliphatic heterocycles. The average Bonchev–Trinajstić information content (AvgIpc) is 3.38. The highest BCUT2D eigenvalue weighted by Crippen LogP contribution is 2.52. The highest BCUT2D eigenvalue weighted by Gasteiger charge is 2.54. The molecule has 1 aromatic heterocycles. The van der Waals surface area contributed by atoms with Crippen LogP contribution in [0.5, 0.6) is 0 Å². The van der Waals surface area contributed by atoms with Gasteiger partial charge in [-0.3, -0.25) is 19.4 Å². The third-order valence-corrected chi connectivity index (χ3v) is 6.72. The Morgan fingerprint density at radius 3 is 2.50 bits per heavy atom. The van der Waals surface area contributed by atoms with Crippen LogP contribution in [0.2, 0.25) is 0 Å². The fourth-order valence-electron chi connectivity index (χ4n) is 4.77. The van der Waals surface area contributed by atoms with Crippen LogP contribution in [0.15, 0.2) is 53.3 Å². The number of amides is 1. The van der Waals surface area contributed by atoms with Crippen molar-refractivity contribution in [3.63, 3.8) is 0 Å². The minimum Gasteiger partial charge on any atom is -0.457 e. The average molecular weight is 471 g/mol. The van der Waals surface area contributed by atoms with E-state index in [1.165, 1.54) is 0 Å². The normalized spacial score (nSPS) is 24.4. The van der Waals surface area contributed by atoms with Crippen molar-refractivity contribution >= 4 is 33.6 Å². The summed E-state index contributed by atoms with van der Waals surface area (Å²) in [6.07, 6.45) is 6.14. The molecule has 2 aliphatic rings. The summed E-state index contributed by atoms with van der Waals surface area (Å²) < 4.78 is 6.25. The number of aromatic nitrogens is 1. The zero-order valence-electron chi connectivity index (χ0n) is 16.4. The largest absolute Gasteiger partial charge is 0.457 e. The maximum Gasteiger partial charge on any atom is 0.310 e. The number of hydrogen-bond donors (Lipinski definition) is 1. The lowest BCUT2D eigenvalue weighted by molar-refractivity contribution is -0.154. The van der Waals surface area contributed by atoms with E-state index in [1.54, 1.807) is 36.7 Å². The van der Waals surface area contributed by atoms with E-state index in [1.807, 2.05) is 12.1 Å². The standard InChI is InChI=1S/C23H23BrN2O4/c24-18-7-5-15(6-8-18)19(27)13-30-23(29)21-17-4-3-16(10-17)20(21)22(28)26-12-14-2-1-9-25-11-14/h1-2,5-9,11,16-17,20-21H,3-4,10,12-13H2,(H,26,28)/t16?,17?,20-,21-/m0/s1. The summed E-state index contributed by atoms with van der Waals surface area (Å²) in [4.78, 5) is 42.1. The molecule has 1 heterocycles. The number of pyridine rings is 1. The van der Waals surface area contributed by atoms with Gasteiger partial charge < -0.3 is 10.1 Å².